The summed E-state index contributed by atoms with van der Waals surface area (Å²) in [4.78, 5) is 14.7. The minimum absolute atomic E-state index is 0.149. The monoisotopic (exact) mass is 361 g/mol. The molecule has 4 nitrogen and oxygen atoms in total. The summed E-state index contributed by atoms with van der Waals surface area (Å²) < 4.78 is 11.4. The molecule has 0 spiro atoms. The lowest BCUT2D eigenvalue weighted by atomic mass is 10.1. The summed E-state index contributed by atoms with van der Waals surface area (Å²) in [6, 6.07) is 18.3. The highest BCUT2D eigenvalue weighted by atomic mass is 16.5. The second-order valence-corrected chi connectivity index (χ2v) is 7.16. The van der Waals surface area contributed by atoms with Crippen molar-refractivity contribution >= 4 is 5.69 Å². The van der Waals surface area contributed by atoms with Gasteiger partial charge in [0.1, 0.15) is 18.6 Å². The van der Waals surface area contributed by atoms with Crippen LogP contribution in [0.1, 0.15) is 29.4 Å². The Labute approximate surface area is 159 Å². The van der Waals surface area contributed by atoms with Gasteiger partial charge < -0.3 is 14.1 Å². The number of fused-ring (bicyclic) bond motifs is 1. The summed E-state index contributed by atoms with van der Waals surface area (Å²) in [6.45, 7) is 5.15. The first-order valence-electron chi connectivity index (χ1n) is 9.25. The molecule has 0 bridgehead atoms. The summed E-state index contributed by atoms with van der Waals surface area (Å²) in [5, 5.41) is 0. The maximum absolute atomic E-state index is 12.4. The van der Waals surface area contributed by atoms with Crippen LogP contribution < -0.4 is 15.1 Å². The van der Waals surface area contributed by atoms with Crippen LogP contribution in [0.25, 0.3) is 0 Å². The topological polar surface area (TPSA) is 42.7 Å². The Balaban J connectivity index is 1.47. The van der Waals surface area contributed by atoms with Crippen LogP contribution in [-0.2, 0) is 19.6 Å². The fourth-order valence-electron chi connectivity index (χ4n) is 3.63. The van der Waals surface area contributed by atoms with Crippen LogP contribution in [0.2, 0.25) is 0 Å². The molecule has 1 aromatic heterocycles. The van der Waals surface area contributed by atoms with E-state index in [9.17, 15) is 4.79 Å². The predicted molar refractivity (Wildman–Crippen MR) is 106 cm³/mol. The molecule has 27 heavy (non-hydrogen) atoms. The van der Waals surface area contributed by atoms with Crippen LogP contribution in [0.3, 0.4) is 0 Å². The zero-order valence-electron chi connectivity index (χ0n) is 15.6. The second kappa shape index (κ2) is 7.31. The van der Waals surface area contributed by atoms with Crippen molar-refractivity contribution in [3.8, 4) is 5.75 Å². The molecule has 1 atom stereocenters. The summed E-state index contributed by atoms with van der Waals surface area (Å²) >= 11 is 0. The van der Waals surface area contributed by atoms with Gasteiger partial charge in [-0.1, -0.05) is 48.0 Å². The van der Waals surface area contributed by atoms with Gasteiger partial charge in [0.05, 0.1) is 6.54 Å². The van der Waals surface area contributed by atoms with Crippen LogP contribution in [0, 0.1) is 6.92 Å². The van der Waals surface area contributed by atoms with E-state index >= 15 is 0 Å². The lowest BCUT2D eigenvalue weighted by molar-refractivity contribution is 0.289. The van der Waals surface area contributed by atoms with Gasteiger partial charge in [0.15, 0.2) is 0 Å². The Hall–Kier alpha value is -3.01. The maximum atomic E-state index is 12.4. The number of benzene rings is 2. The van der Waals surface area contributed by atoms with Crippen LogP contribution in [0.5, 0.6) is 5.75 Å². The van der Waals surface area contributed by atoms with Gasteiger partial charge in [-0.2, -0.15) is 0 Å². The van der Waals surface area contributed by atoms with E-state index in [4.69, 9.17) is 9.15 Å². The lowest BCUT2D eigenvalue weighted by Crippen LogP contribution is -2.29. The van der Waals surface area contributed by atoms with Crippen molar-refractivity contribution in [3.05, 3.63) is 93.5 Å². The quantitative estimate of drug-likeness (QED) is 0.672. The Morgan fingerprint density at radius 1 is 1.15 bits per heavy atom. The zero-order chi connectivity index (χ0) is 18.8. The number of ether oxygens (including phenoxy) is 1. The van der Waals surface area contributed by atoms with Crippen molar-refractivity contribution < 1.29 is 9.15 Å². The number of anilines is 1. The van der Waals surface area contributed by atoms with Crippen LogP contribution >= 0.6 is 0 Å². The molecule has 0 aliphatic carbocycles. The van der Waals surface area contributed by atoms with Crippen molar-refractivity contribution in [1.29, 1.82) is 0 Å². The van der Waals surface area contributed by atoms with Gasteiger partial charge in [-0.05, 0) is 37.5 Å². The third-order valence-electron chi connectivity index (χ3n) is 5.00. The van der Waals surface area contributed by atoms with Crippen LogP contribution in [0.15, 0.2) is 70.1 Å². The van der Waals surface area contributed by atoms with E-state index < -0.39 is 0 Å². The fraction of sp³-hybridized carbons (Fsp3) is 0.261. The van der Waals surface area contributed by atoms with E-state index in [0.717, 1.165) is 12.0 Å². The van der Waals surface area contributed by atoms with Crippen molar-refractivity contribution in [2.24, 2.45) is 0 Å². The van der Waals surface area contributed by atoms with Crippen molar-refractivity contribution in [2.45, 2.75) is 39.5 Å². The number of hydrogen-bond donors (Lipinski definition) is 0. The Morgan fingerprint density at radius 2 is 2.00 bits per heavy atom. The Bertz CT molecular complexity index is 1010. The van der Waals surface area contributed by atoms with Crippen LogP contribution in [-0.4, -0.2) is 6.04 Å². The molecule has 0 fully saturated rings. The molecule has 0 N–H and O–H groups in total. The van der Waals surface area contributed by atoms with E-state index in [2.05, 4.69) is 30.0 Å². The second-order valence-electron chi connectivity index (χ2n) is 7.16. The van der Waals surface area contributed by atoms with Gasteiger partial charge in [-0.15, -0.1) is 0 Å². The van der Waals surface area contributed by atoms with Gasteiger partial charge in [-0.25, -0.2) is 0 Å². The third kappa shape index (κ3) is 3.75. The van der Waals surface area contributed by atoms with Gasteiger partial charge >= 0.3 is 0 Å². The van der Waals surface area contributed by atoms with E-state index in [1.165, 1.54) is 23.1 Å². The first-order valence-corrected chi connectivity index (χ1v) is 9.25. The molecule has 2 aromatic carbocycles. The van der Waals surface area contributed by atoms with Crippen LogP contribution in [0.4, 0.5) is 5.69 Å². The average Bonchev–Trinajstić information content (AvgIpc) is 2.97. The normalized spacial score (nSPS) is 15.6. The summed E-state index contributed by atoms with van der Waals surface area (Å²) in [7, 11) is 0. The summed E-state index contributed by atoms with van der Waals surface area (Å²) in [6.07, 6.45) is 2.44. The van der Waals surface area contributed by atoms with Gasteiger partial charge in [0, 0.05) is 17.8 Å². The summed E-state index contributed by atoms with van der Waals surface area (Å²) in [5.41, 5.74) is 4.60. The summed E-state index contributed by atoms with van der Waals surface area (Å²) in [5.74, 6) is 0.890. The first-order chi connectivity index (χ1) is 13.1. The average molecular weight is 361 g/mol. The molecular weight excluding hydrogens is 338 g/mol. The SMILES string of the molecule is Cc1cccc(COc2coc(CN3c4ccccc4C[C@@H]3C)cc2=O)c1. The van der Waals surface area contributed by atoms with Gasteiger partial charge in [-0.3, -0.25) is 4.79 Å². The zero-order valence-corrected chi connectivity index (χ0v) is 15.6. The molecule has 1 aliphatic heterocycles. The molecule has 0 unspecified atom stereocenters. The molecule has 0 saturated heterocycles. The van der Waals surface area contributed by atoms with Crippen molar-refractivity contribution in [3.63, 3.8) is 0 Å². The first kappa shape index (κ1) is 17.4. The molecule has 2 heterocycles. The number of aryl methyl sites for hydroxylation is 1. The van der Waals surface area contributed by atoms with E-state index in [1.807, 2.05) is 37.3 Å². The molecule has 138 valence electrons. The minimum atomic E-state index is -0.149. The largest absolute Gasteiger partial charge is 0.482 e. The minimum Gasteiger partial charge on any atom is -0.482 e. The highest BCUT2D eigenvalue weighted by Gasteiger charge is 2.26. The lowest BCUT2D eigenvalue weighted by Gasteiger charge is -2.24. The Kier molecular flexibility index (Phi) is 4.71. The number of para-hydroxylation sites is 1. The molecule has 0 amide bonds. The molecule has 4 rings (SSSR count). The third-order valence-corrected chi connectivity index (χ3v) is 5.00. The number of rotatable bonds is 5. The van der Waals surface area contributed by atoms with Gasteiger partial charge in [0.25, 0.3) is 0 Å². The Morgan fingerprint density at radius 3 is 2.81 bits per heavy atom. The standard InChI is InChI=1S/C23H23NO3/c1-16-6-5-7-18(10-16)14-27-23-15-26-20(12-22(23)25)13-24-17(2)11-19-8-3-4-9-21(19)24/h3-10,12,15,17H,11,13-14H2,1-2H3/t17-/m0/s1. The highest BCUT2D eigenvalue weighted by Crippen LogP contribution is 2.32. The van der Waals surface area contributed by atoms with Crippen molar-refractivity contribution in [1.82, 2.24) is 0 Å². The van der Waals surface area contributed by atoms with E-state index in [0.29, 0.717) is 25.0 Å². The highest BCUT2D eigenvalue weighted by molar-refractivity contribution is 5.59. The van der Waals surface area contributed by atoms with Crippen molar-refractivity contribution in [2.75, 3.05) is 4.90 Å². The van der Waals surface area contributed by atoms with E-state index in [-0.39, 0.29) is 11.2 Å². The smallest absolute Gasteiger partial charge is 0.227 e. The molecule has 3 aromatic rings. The maximum Gasteiger partial charge on any atom is 0.227 e. The van der Waals surface area contributed by atoms with E-state index in [1.54, 1.807) is 6.07 Å². The van der Waals surface area contributed by atoms with Gasteiger partial charge in [0.2, 0.25) is 11.2 Å². The number of hydrogen-bond acceptors (Lipinski definition) is 4. The molecule has 4 heteroatoms. The predicted octanol–water partition coefficient (Wildman–Crippen LogP) is 4.48. The fourth-order valence-corrected chi connectivity index (χ4v) is 3.63. The number of nitrogens with zero attached hydrogens (tertiary/aromatic N) is 1. The molecule has 1 aliphatic rings. The molecule has 0 saturated carbocycles. The molecule has 0 radical (unpaired) electrons. The molecular formula is C23H23NO3.